The van der Waals surface area contributed by atoms with Crippen molar-refractivity contribution < 1.29 is 31.1 Å². The minimum atomic E-state index is -4.89. The fraction of sp³-hybridized carbons (Fsp3) is 0.526. The number of anilines is 1. The molecule has 1 aliphatic rings. The van der Waals surface area contributed by atoms with Gasteiger partial charge in [-0.15, -0.1) is 0 Å². The molecule has 0 spiro atoms. The SMILES string of the molecule is Cn1cc(C(=O)N(c2ncc(C(F)(F)F)cc2Cl)C2CCCCCC2)c(C(F)(F)F)n1. The highest BCUT2D eigenvalue weighted by atomic mass is 35.5. The molecule has 170 valence electrons. The summed E-state index contributed by atoms with van der Waals surface area (Å²) in [6.45, 7) is 0. The first-order valence-corrected chi connectivity index (χ1v) is 9.94. The molecular formula is C19H19ClF6N4O. The molecule has 2 aromatic rings. The summed E-state index contributed by atoms with van der Waals surface area (Å²) in [7, 11) is 1.24. The fourth-order valence-corrected chi connectivity index (χ4v) is 3.96. The molecule has 0 aliphatic heterocycles. The van der Waals surface area contributed by atoms with E-state index >= 15 is 0 Å². The second-order valence-electron chi connectivity index (χ2n) is 7.41. The Morgan fingerprint density at radius 1 is 1.10 bits per heavy atom. The van der Waals surface area contributed by atoms with Crippen molar-refractivity contribution in [2.24, 2.45) is 7.05 Å². The van der Waals surface area contributed by atoms with Gasteiger partial charge in [0.05, 0.1) is 16.1 Å². The normalized spacial score (nSPS) is 16.3. The highest BCUT2D eigenvalue weighted by molar-refractivity contribution is 6.33. The monoisotopic (exact) mass is 468 g/mol. The molecule has 1 amide bonds. The smallest absolute Gasteiger partial charge is 0.288 e. The number of nitrogens with zero attached hydrogens (tertiary/aromatic N) is 4. The Labute approximate surface area is 179 Å². The van der Waals surface area contributed by atoms with Gasteiger partial charge < -0.3 is 0 Å². The summed E-state index contributed by atoms with van der Waals surface area (Å²) in [5.41, 5.74) is -3.20. The van der Waals surface area contributed by atoms with E-state index in [-0.39, 0.29) is 5.82 Å². The number of carbonyl (C=O) groups is 1. The van der Waals surface area contributed by atoms with Crippen molar-refractivity contribution in [3.8, 4) is 0 Å². The van der Waals surface area contributed by atoms with Crippen LogP contribution in [-0.2, 0) is 19.4 Å². The average molecular weight is 469 g/mol. The molecule has 12 heteroatoms. The van der Waals surface area contributed by atoms with Crippen molar-refractivity contribution >= 4 is 23.3 Å². The lowest BCUT2D eigenvalue weighted by atomic mass is 10.0. The van der Waals surface area contributed by atoms with Gasteiger partial charge in [0.1, 0.15) is 0 Å². The number of hydrogen-bond acceptors (Lipinski definition) is 3. The Morgan fingerprint density at radius 2 is 1.71 bits per heavy atom. The third kappa shape index (κ3) is 5.13. The Hall–Kier alpha value is -2.30. The van der Waals surface area contributed by atoms with Crippen LogP contribution >= 0.6 is 11.6 Å². The van der Waals surface area contributed by atoms with Gasteiger partial charge in [0.2, 0.25) is 0 Å². The first-order valence-electron chi connectivity index (χ1n) is 9.56. The Balaban J connectivity index is 2.11. The highest BCUT2D eigenvalue weighted by Gasteiger charge is 2.42. The zero-order valence-electron chi connectivity index (χ0n) is 16.4. The molecule has 1 aliphatic carbocycles. The standard InChI is InChI=1S/C19H19ClF6N4O/c1-29-10-13(15(28-29)19(24,25)26)17(31)30(12-6-4-2-3-5-7-12)16-14(20)8-11(9-27-16)18(21,22)23/h8-10,12H,2-7H2,1H3. The van der Waals surface area contributed by atoms with E-state index in [9.17, 15) is 31.1 Å². The van der Waals surface area contributed by atoms with Crippen LogP contribution in [0.4, 0.5) is 32.2 Å². The summed E-state index contributed by atoms with van der Waals surface area (Å²) in [6, 6.07) is 0.0624. The number of hydrogen-bond donors (Lipinski definition) is 0. The summed E-state index contributed by atoms with van der Waals surface area (Å²) in [6.07, 6.45) is -4.02. The molecule has 0 saturated heterocycles. The van der Waals surface area contributed by atoms with Crippen molar-refractivity contribution in [3.63, 3.8) is 0 Å². The van der Waals surface area contributed by atoms with Crippen molar-refractivity contribution in [3.05, 3.63) is 40.3 Å². The number of rotatable bonds is 3. The van der Waals surface area contributed by atoms with E-state index < -0.39 is 46.1 Å². The summed E-state index contributed by atoms with van der Waals surface area (Å²) >= 11 is 6.06. The van der Waals surface area contributed by atoms with Crippen LogP contribution in [0.1, 0.15) is 60.1 Å². The number of carbonyl (C=O) groups excluding carboxylic acids is 1. The number of aromatic nitrogens is 3. The average Bonchev–Trinajstić information content (AvgIpc) is 2.88. The molecule has 5 nitrogen and oxygen atoms in total. The number of halogens is 7. The van der Waals surface area contributed by atoms with Crippen molar-refractivity contribution in [1.82, 2.24) is 14.8 Å². The maximum Gasteiger partial charge on any atom is 0.435 e. The Morgan fingerprint density at radius 3 is 2.23 bits per heavy atom. The Kier molecular flexibility index (Phi) is 6.54. The van der Waals surface area contributed by atoms with Gasteiger partial charge in [-0.1, -0.05) is 37.3 Å². The van der Waals surface area contributed by atoms with Crippen molar-refractivity contribution in [1.29, 1.82) is 0 Å². The van der Waals surface area contributed by atoms with Gasteiger partial charge in [-0.3, -0.25) is 14.4 Å². The van der Waals surface area contributed by atoms with E-state index in [1.807, 2.05) is 0 Å². The molecule has 3 rings (SSSR count). The molecule has 0 atom stereocenters. The molecule has 0 N–H and O–H groups in total. The van der Waals surface area contributed by atoms with Crippen LogP contribution in [0.2, 0.25) is 5.02 Å². The molecule has 2 aromatic heterocycles. The molecule has 0 unspecified atom stereocenters. The zero-order valence-corrected chi connectivity index (χ0v) is 17.2. The molecule has 1 fully saturated rings. The quantitative estimate of drug-likeness (QED) is 0.418. The molecular weight excluding hydrogens is 450 g/mol. The van der Waals surface area contributed by atoms with Gasteiger partial charge in [0.15, 0.2) is 11.5 Å². The zero-order chi connectivity index (χ0) is 23.0. The van der Waals surface area contributed by atoms with Crippen molar-refractivity contribution in [2.75, 3.05) is 4.90 Å². The molecule has 2 heterocycles. The lowest BCUT2D eigenvalue weighted by Crippen LogP contribution is -2.42. The third-order valence-corrected chi connectivity index (χ3v) is 5.39. The third-order valence-electron chi connectivity index (χ3n) is 5.11. The number of alkyl halides is 6. The second kappa shape index (κ2) is 8.68. The fourth-order valence-electron chi connectivity index (χ4n) is 3.70. The minimum Gasteiger partial charge on any atom is -0.288 e. The molecule has 1 saturated carbocycles. The van der Waals surface area contributed by atoms with E-state index in [0.29, 0.717) is 37.9 Å². The van der Waals surface area contributed by atoms with Gasteiger partial charge in [0.25, 0.3) is 5.91 Å². The topological polar surface area (TPSA) is 51.0 Å². The van der Waals surface area contributed by atoms with E-state index in [2.05, 4.69) is 10.1 Å². The minimum absolute atomic E-state index is 0.302. The number of pyridine rings is 1. The summed E-state index contributed by atoms with van der Waals surface area (Å²) in [4.78, 5) is 18.1. The van der Waals surface area contributed by atoms with Gasteiger partial charge in [-0.05, 0) is 18.9 Å². The summed E-state index contributed by atoms with van der Waals surface area (Å²) in [5, 5.41) is 2.89. The largest absolute Gasteiger partial charge is 0.435 e. The number of amides is 1. The van der Waals surface area contributed by atoms with Gasteiger partial charge in [0, 0.05) is 25.5 Å². The summed E-state index contributed by atoms with van der Waals surface area (Å²) in [5.74, 6) is -1.36. The predicted molar refractivity (Wildman–Crippen MR) is 101 cm³/mol. The maximum atomic E-state index is 13.4. The summed E-state index contributed by atoms with van der Waals surface area (Å²) < 4.78 is 80.2. The van der Waals surface area contributed by atoms with Gasteiger partial charge in [-0.25, -0.2) is 4.98 Å². The molecule has 31 heavy (non-hydrogen) atoms. The van der Waals surface area contributed by atoms with Crippen molar-refractivity contribution in [2.45, 2.75) is 56.9 Å². The molecule has 0 aromatic carbocycles. The molecule has 0 bridgehead atoms. The van der Waals surface area contributed by atoms with Gasteiger partial charge in [-0.2, -0.15) is 31.4 Å². The first-order chi connectivity index (χ1) is 14.4. The van der Waals surface area contributed by atoms with E-state index in [1.54, 1.807) is 0 Å². The second-order valence-corrected chi connectivity index (χ2v) is 7.82. The highest BCUT2D eigenvalue weighted by Crippen LogP contribution is 2.38. The van der Waals surface area contributed by atoms with Crippen LogP contribution in [-0.4, -0.2) is 26.7 Å². The van der Waals surface area contributed by atoms with Gasteiger partial charge >= 0.3 is 12.4 Å². The van der Waals surface area contributed by atoms with Crippen LogP contribution < -0.4 is 4.90 Å². The lowest BCUT2D eigenvalue weighted by Gasteiger charge is -2.31. The number of aryl methyl sites for hydroxylation is 1. The van der Waals surface area contributed by atoms with Crippen LogP contribution in [0, 0.1) is 0 Å². The molecule has 0 radical (unpaired) electrons. The van der Waals surface area contributed by atoms with E-state index in [0.717, 1.165) is 28.6 Å². The maximum absolute atomic E-state index is 13.4. The lowest BCUT2D eigenvalue weighted by molar-refractivity contribution is -0.141. The van der Waals surface area contributed by atoms with Crippen LogP contribution in [0.5, 0.6) is 0 Å². The van der Waals surface area contributed by atoms with Crippen LogP contribution in [0.15, 0.2) is 18.5 Å². The van der Waals surface area contributed by atoms with Crippen LogP contribution in [0.3, 0.4) is 0 Å². The Bertz CT molecular complexity index is 948. The van der Waals surface area contributed by atoms with E-state index in [4.69, 9.17) is 11.6 Å². The predicted octanol–water partition coefficient (Wildman–Crippen LogP) is 5.88. The van der Waals surface area contributed by atoms with Crippen LogP contribution in [0.25, 0.3) is 0 Å². The van der Waals surface area contributed by atoms with E-state index in [1.165, 1.54) is 7.05 Å². The first kappa shape index (κ1) is 23.4.